The fraction of sp³-hybridized carbons (Fsp3) is 0.0588. The van der Waals surface area contributed by atoms with Gasteiger partial charge in [-0.2, -0.15) is 0 Å². The predicted molar refractivity (Wildman–Crippen MR) is 171 cm³/mol. The number of anilines is 2. The summed E-state index contributed by atoms with van der Waals surface area (Å²) in [6.45, 7) is 0. The number of nitrogens with one attached hydrogen (secondary N) is 2. The molecule has 2 aliphatic carbocycles. The van der Waals surface area contributed by atoms with Crippen LogP contribution in [0.5, 0.6) is 0 Å². The average molecular weight is 715 g/mol. The Morgan fingerprint density at radius 2 is 0.830 bits per heavy atom. The van der Waals surface area contributed by atoms with Crippen LogP contribution in [-0.2, 0) is 36.6 Å². The topological polar surface area (TPSA) is 92.3 Å². The third-order valence-electron chi connectivity index (χ3n) is 8.15. The quantitative estimate of drug-likeness (QED) is 0.140. The van der Waals surface area contributed by atoms with Gasteiger partial charge >= 0.3 is 275 Å². The van der Waals surface area contributed by atoms with E-state index in [1.807, 2.05) is 0 Å². The molecule has 0 heterocycles. The summed E-state index contributed by atoms with van der Waals surface area (Å²) in [5, 5.41) is 0. The number of halogens is 4. The molecule has 0 saturated heterocycles. The normalized spacial score (nSPS) is 15.1. The first-order chi connectivity index (χ1) is 22.5. The Kier molecular flexibility index (Phi) is 8.88. The summed E-state index contributed by atoms with van der Waals surface area (Å²) in [6.07, 6.45) is 12.8. The Morgan fingerprint density at radius 3 is 1.17 bits per heavy atom. The molecule has 4 aromatic carbocycles. The second-order valence-corrected chi connectivity index (χ2v) is 20.6. The van der Waals surface area contributed by atoms with Crippen LogP contribution in [0.15, 0.2) is 143 Å². The molecule has 0 atom stereocenters. The molecule has 0 amide bonds. The summed E-state index contributed by atoms with van der Waals surface area (Å²) in [5.41, 5.74) is -1.22. The van der Waals surface area contributed by atoms with E-state index in [9.17, 15) is 16.8 Å². The first kappa shape index (κ1) is 32.7. The van der Waals surface area contributed by atoms with Gasteiger partial charge in [-0.05, 0) is 0 Å². The van der Waals surface area contributed by atoms with Crippen LogP contribution in [0.25, 0.3) is 0 Å². The molecule has 6 rings (SSSR count). The molecule has 6 nitrogen and oxygen atoms in total. The summed E-state index contributed by atoms with van der Waals surface area (Å²) < 4.78 is 121. The Hall–Kier alpha value is -4.23. The first-order valence-corrected chi connectivity index (χ1v) is 20.6. The van der Waals surface area contributed by atoms with Crippen LogP contribution in [-0.4, -0.2) is 16.8 Å². The zero-order valence-electron chi connectivity index (χ0n) is 24.3. The van der Waals surface area contributed by atoms with Crippen molar-refractivity contribution in [1.82, 2.24) is 0 Å². The molecule has 0 saturated carbocycles. The molecule has 0 bridgehead atoms. The van der Waals surface area contributed by atoms with E-state index < -0.39 is 87.5 Å². The number of hydrogen-bond acceptors (Lipinski definition) is 4. The summed E-state index contributed by atoms with van der Waals surface area (Å²) >= 11 is -5.35. The van der Waals surface area contributed by atoms with Crippen molar-refractivity contribution in [1.29, 1.82) is 0 Å². The minimum atomic E-state index is -5.35. The van der Waals surface area contributed by atoms with Crippen molar-refractivity contribution in [2.24, 2.45) is 0 Å². The molecule has 2 aliphatic rings. The summed E-state index contributed by atoms with van der Waals surface area (Å²) in [7, 11) is -8.71. The fourth-order valence-electron chi connectivity index (χ4n) is 6.11. The van der Waals surface area contributed by atoms with Crippen LogP contribution < -0.4 is 17.2 Å². The third kappa shape index (κ3) is 5.91. The van der Waals surface area contributed by atoms with Crippen LogP contribution in [0, 0.1) is 23.3 Å². The van der Waals surface area contributed by atoms with Crippen LogP contribution in [0.2, 0.25) is 8.45 Å². The molecule has 0 spiro atoms. The van der Waals surface area contributed by atoms with Gasteiger partial charge in [-0.25, -0.2) is 0 Å². The number of rotatable bonds is 10. The molecule has 0 fully saturated rings. The average Bonchev–Trinajstić information content (AvgIpc) is 3.80. The summed E-state index contributed by atoms with van der Waals surface area (Å²) in [4.78, 5) is -0.367. The Bertz CT molecular complexity index is 2010. The Balaban J connectivity index is 1.62. The fourth-order valence-corrected chi connectivity index (χ4v) is 17.1. The summed E-state index contributed by atoms with van der Waals surface area (Å²) in [6, 6.07) is 17.8. The maximum absolute atomic E-state index is 17.0. The second-order valence-electron chi connectivity index (χ2n) is 10.9. The van der Waals surface area contributed by atoms with Gasteiger partial charge in [0.1, 0.15) is 0 Å². The van der Waals surface area contributed by atoms with E-state index in [0.29, 0.717) is 0 Å². The third-order valence-corrected chi connectivity index (χ3v) is 19.4. The standard InChI is InChI=1S/2C12H8F2NO2S.2C5H5.Ti/c2*13-9-6-7-12(11(14)8-9)15-18(16,17)10-4-2-1-3-5-10;2*1-2-4-5-3-1;/h2*1-7,15H;2*1-5H;. The van der Waals surface area contributed by atoms with Crippen LogP contribution in [0.1, 0.15) is 0 Å². The van der Waals surface area contributed by atoms with E-state index in [0.717, 1.165) is 24.3 Å². The van der Waals surface area contributed by atoms with E-state index in [2.05, 4.69) is 9.44 Å². The zero-order chi connectivity index (χ0) is 33.4. The molecule has 240 valence electrons. The van der Waals surface area contributed by atoms with Crippen molar-refractivity contribution in [2.75, 3.05) is 9.44 Å². The van der Waals surface area contributed by atoms with E-state index in [1.165, 1.54) is 48.5 Å². The molecule has 13 heteroatoms. The van der Waals surface area contributed by atoms with Crippen LogP contribution >= 0.6 is 0 Å². The van der Waals surface area contributed by atoms with Gasteiger partial charge in [0.15, 0.2) is 0 Å². The molecule has 0 aromatic heterocycles. The maximum atomic E-state index is 17.0. The predicted octanol–water partition coefficient (Wildman–Crippen LogP) is 6.78. The molecule has 0 aliphatic heterocycles. The molecule has 0 radical (unpaired) electrons. The van der Waals surface area contributed by atoms with Crippen molar-refractivity contribution in [3.05, 3.63) is 157 Å². The van der Waals surface area contributed by atoms with E-state index in [-0.39, 0.29) is 9.79 Å². The van der Waals surface area contributed by atoms with Crippen molar-refractivity contribution in [3.8, 4) is 0 Å². The Morgan fingerprint density at radius 1 is 0.489 bits per heavy atom. The molecule has 0 unspecified atom stereocenters. The molecule has 47 heavy (non-hydrogen) atoms. The number of allylic oxidation sites excluding steroid dienone is 8. The van der Waals surface area contributed by atoms with Gasteiger partial charge in [-0.15, -0.1) is 0 Å². The minimum absolute atomic E-state index is 0.183. The van der Waals surface area contributed by atoms with Gasteiger partial charge in [-0.3, -0.25) is 0 Å². The van der Waals surface area contributed by atoms with Crippen molar-refractivity contribution in [2.45, 2.75) is 18.2 Å². The van der Waals surface area contributed by atoms with Gasteiger partial charge in [0, 0.05) is 0 Å². The number of sulfonamides is 2. The SMILES string of the molecule is O=S(=O)(Nc1ccc(F)[c]([Ti]([c]2c(F)ccc(NS(=O)(=O)c3ccccc3)c2F)([CH]2C=CC=C2)[CH]2C=CC=C2)c1F)c1ccccc1. The van der Waals surface area contributed by atoms with Gasteiger partial charge in [0.05, 0.1) is 0 Å². The monoisotopic (exact) mass is 714 g/mol. The zero-order valence-corrected chi connectivity index (χ0v) is 27.5. The molecular weight excluding hydrogens is 688 g/mol. The summed E-state index contributed by atoms with van der Waals surface area (Å²) in [5.74, 6) is -4.88. The molecular formula is C34H26F4N2O4S2Ti. The Labute approximate surface area is 273 Å². The van der Waals surface area contributed by atoms with E-state index in [1.54, 1.807) is 60.7 Å². The van der Waals surface area contributed by atoms with Gasteiger partial charge in [-0.1, -0.05) is 0 Å². The van der Waals surface area contributed by atoms with Gasteiger partial charge < -0.3 is 0 Å². The van der Waals surface area contributed by atoms with E-state index in [4.69, 9.17) is 0 Å². The van der Waals surface area contributed by atoms with Gasteiger partial charge in [0.2, 0.25) is 0 Å². The van der Waals surface area contributed by atoms with Crippen molar-refractivity contribution in [3.63, 3.8) is 0 Å². The van der Waals surface area contributed by atoms with Crippen LogP contribution in [0.4, 0.5) is 28.9 Å². The molecule has 2 N–H and O–H groups in total. The van der Waals surface area contributed by atoms with Crippen molar-refractivity contribution < 1.29 is 51.0 Å². The number of benzene rings is 4. The number of hydrogen-bond donors (Lipinski definition) is 2. The van der Waals surface area contributed by atoms with E-state index >= 15 is 17.6 Å². The molecule has 4 aromatic rings. The van der Waals surface area contributed by atoms with Crippen LogP contribution in [0.3, 0.4) is 0 Å². The first-order valence-electron chi connectivity index (χ1n) is 14.3. The van der Waals surface area contributed by atoms with Crippen molar-refractivity contribution >= 4 is 39.2 Å². The van der Waals surface area contributed by atoms with Gasteiger partial charge in [0.25, 0.3) is 0 Å². The second kappa shape index (κ2) is 12.8.